The first kappa shape index (κ1) is 20.7. The maximum Gasteiger partial charge on any atom is 0.245 e. The molecule has 160 valence electrons. The Hall–Kier alpha value is -3.52. The minimum absolute atomic E-state index is 0.0853. The van der Waals surface area contributed by atoms with Crippen molar-refractivity contribution in [2.24, 2.45) is 5.73 Å². The van der Waals surface area contributed by atoms with Gasteiger partial charge in [0.25, 0.3) is 0 Å². The van der Waals surface area contributed by atoms with E-state index in [2.05, 4.69) is 20.2 Å². The predicted molar refractivity (Wildman–Crippen MR) is 119 cm³/mol. The number of para-hydroxylation sites is 1. The Labute approximate surface area is 181 Å². The summed E-state index contributed by atoms with van der Waals surface area (Å²) in [6.45, 7) is 2.29. The molecule has 0 unspecified atom stereocenters. The number of hydrogen-bond donors (Lipinski definition) is 2. The second-order valence-electron chi connectivity index (χ2n) is 7.54. The quantitative estimate of drug-likeness (QED) is 0.618. The van der Waals surface area contributed by atoms with Gasteiger partial charge in [-0.15, -0.1) is 0 Å². The van der Waals surface area contributed by atoms with Crippen molar-refractivity contribution in [2.45, 2.75) is 12.5 Å². The fourth-order valence-electron chi connectivity index (χ4n) is 3.90. The molecule has 1 fully saturated rings. The minimum atomic E-state index is -0.634. The topological polar surface area (TPSA) is 104 Å². The monoisotopic (exact) mass is 418 g/mol. The normalized spacial score (nSPS) is 15.0. The first-order valence-corrected chi connectivity index (χ1v) is 10.4. The Morgan fingerprint density at radius 2 is 1.68 bits per heavy atom. The summed E-state index contributed by atoms with van der Waals surface area (Å²) in [5.41, 5.74) is 7.36. The minimum Gasteiger partial charge on any atom is -0.352 e. The van der Waals surface area contributed by atoms with Crippen molar-refractivity contribution in [1.29, 1.82) is 0 Å². The van der Waals surface area contributed by atoms with Crippen LogP contribution in [0.3, 0.4) is 0 Å². The van der Waals surface area contributed by atoms with Crippen LogP contribution in [-0.2, 0) is 16.0 Å². The van der Waals surface area contributed by atoms with Crippen molar-refractivity contribution in [3.63, 3.8) is 0 Å². The van der Waals surface area contributed by atoms with Gasteiger partial charge < -0.3 is 20.9 Å². The number of fused-ring (bicyclic) bond motifs is 1. The second-order valence-corrected chi connectivity index (χ2v) is 7.54. The second kappa shape index (κ2) is 9.53. The lowest BCUT2D eigenvalue weighted by Gasteiger charge is -2.37. The number of piperazine rings is 1. The van der Waals surface area contributed by atoms with Gasteiger partial charge in [0.15, 0.2) is 0 Å². The van der Waals surface area contributed by atoms with E-state index in [-0.39, 0.29) is 18.4 Å². The van der Waals surface area contributed by atoms with E-state index in [9.17, 15) is 9.59 Å². The molecule has 3 N–H and O–H groups in total. The Kier molecular flexibility index (Phi) is 6.37. The summed E-state index contributed by atoms with van der Waals surface area (Å²) >= 11 is 0. The molecule has 3 aromatic rings. The molecule has 8 heteroatoms. The number of nitrogens with one attached hydrogen (secondary N) is 1. The molecule has 31 heavy (non-hydrogen) atoms. The summed E-state index contributed by atoms with van der Waals surface area (Å²) in [5, 5.41) is 3.79. The van der Waals surface area contributed by atoms with Gasteiger partial charge in [0.1, 0.15) is 18.2 Å². The number of carbonyl (C=O) groups excluding carboxylic acids is 2. The van der Waals surface area contributed by atoms with Crippen LogP contribution in [0.1, 0.15) is 5.56 Å². The van der Waals surface area contributed by atoms with Crippen LogP contribution in [-0.4, -0.2) is 65.4 Å². The number of hydrogen-bond acceptors (Lipinski definition) is 6. The van der Waals surface area contributed by atoms with E-state index in [1.165, 1.54) is 0 Å². The summed E-state index contributed by atoms with van der Waals surface area (Å²) in [4.78, 5) is 38.0. The number of anilines is 1. The molecule has 1 aromatic heterocycles. The first-order valence-electron chi connectivity index (χ1n) is 10.4. The molecule has 4 rings (SSSR count). The van der Waals surface area contributed by atoms with Gasteiger partial charge in [-0.2, -0.15) is 0 Å². The molecule has 2 heterocycles. The summed E-state index contributed by atoms with van der Waals surface area (Å²) in [6.07, 6.45) is 2.01. The molecule has 2 aromatic carbocycles. The largest absolute Gasteiger partial charge is 0.352 e. The molecular formula is C23H26N6O2. The molecule has 0 aliphatic carbocycles. The number of aromatic nitrogens is 2. The van der Waals surface area contributed by atoms with Crippen LogP contribution < -0.4 is 16.0 Å². The van der Waals surface area contributed by atoms with Gasteiger partial charge in [-0.25, -0.2) is 9.97 Å². The van der Waals surface area contributed by atoms with Crippen molar-refractivity contribution in [2.75, 3.05) is 37.6 Å². The van der Waals surface area contributed by atoms with Gasteiger partial charge in [-0.05, 0) is 17.7 Å². The third-order valence-electron chi connectivity index (χ3n) is 5.51. The highest BCUT2D eigenvalue weighted by Crippen LogP contribution is 2.23. The van der Waals surface area contributed by atoms with Gasteiger partial charge in [0.05, 0.1) is 12.1 Å². The maximum atomic E-state index is 13.2. The molecule has 1 aliphatic rings. The number of benzene rings is 2. The smallest absolute Gasteiger partial charge is 0.245 e. The summed E-state index contributed by atoms with van der Waals surface area (Å²) in [7, 11) is 0. The van der Waals surface area contributed by atoms with Crippen LogP contribution in [0.5, 0.6) is 0 Å². The first-order chi connectivity index (χ1) is 15.2. The van der Waals surface area contributed by atoms with Crippen molar-refractivity contribution in [1.82, 2.24) is 20.2 Å². The molecule has 0 spiro atoms. The molecular weight excluding hydrogens is 392 g/mol. The predicted octanol–water partition coefficient (Wildman–Crippen LogP) is 0.965. The third-order valence-corrected chi connectivity index (χ3v) is 5.51. The highest BCUT2D eigenvalue weighted by Gasteiger charge is 2.29. The highest BCUT2D eigenvalue weighted by molar-refractivity contribution is 5.90. The molecule has 0 saturated carbocycles. The van der Waals surface area contributed by atoms with Crippen LogP contribution in [0.15, 0.2) is 60.9 Å². The number of nitrogens with zero attached hydrogens (tertiary/aromatic N) is 4. The molecule has 0 radical (unpaired) electrons. The SMILES string of the molecule is NCC(=O)N[C@H](Cc1ccccc1)C(=O)N1CCN(c2ncnc3ccccc23)CC1. The lowest BCUT2D eigenvalue weighted by atomic mass is 10.0. The zero-order chi connectivity index (χ0) is 21.6. The average molecular weight is 419 g/mol. The Morgan fingerprint density at radius 3 is 2.42 bits per heavy atom. The van der Waals surface area contributed by atoms with Crippen LogP contribution >= 0.6 is 0 Å². The standard InChI is InChI=1S/C23H26N6O2/c24-15-21(30)27-20(14-17-6-2-1-3-7-17)23(31)29-12-10-28(11-13-29)22-18-8-4-5-9-19(18)25-16-26-22/h1-9,16,20H,10-15,24H2,(H,27,30)/t20-/m1/s1. The fraction of sp³-hybridized carbons (Fsp3) is 0.304. The summed E-state index contributed by atoms with van der Waals surface area (Å²) < 4.78 is 0. The van der Waals surface area contributed by atoms with E-state index in [1.54, 1.807) is 6.33 Å². The Balaban J connectivity index is 1.45. The molecule has 8 nitrogen and oxygen atoms in total. The van der Waals surface area contributed by atoms with Crippen molar-refractivity contribution in [3.8, 4) is 0 Å². The third kappa shape index (κ3) is 4.80. The van der Waals surface area contributed by atoms with Crippen LogP contribution in [0.4, 0.5) is 5.82 Å². The van der Waals surface area contributed by atoms with E-state index >= 15 is 0 Å². The lowest BCUT2D eigenvalue weighted by molar-refractivity contribution is -0.136. The van der Waals surface area contributed by atoms with Crippen LogP contribution in [0.2, 0.25) is 0 Å². The number of rotatable bonds is 6. The van der Waals surface area contributed by atoms with Crippen LogP contribution in [0, 0.1) is 0 Å². The fourth-order valence-corrected chi connectivity index (χ4v) is 3.90. The molecule has 1 saturated heterocycles. The number of amides is 2. The zero-order valence-electron chi connectivity index (χ0n) is 17.3. The molecule has 1 atom stereocenters. The lowest BCUT2D eigenvalue weighted by Crippen LogP contribution is -2.56. The maximum absolute atomic E-state index is 13.2. The van der Waals surface area contributed by atoms with Gasteiger partial charge >= 0.3 is 0 Å². The highest BCUT2D eigenvalue weighted by atomic mass is 16.2. The van der Waals surface area contributed by atoms with Crippen LogP contribution in [0.25, 0.3) is 10.9 Å². The Bertz CT molecular complexity index is 1040. The van der Waals surface area contributed by atoms with Crippen molar-refractivity contribution < 1.29 is 9.59 Å². The summed E-state index contributed by atoms with van der Waals surface area (Å²) in [5.74, 6) is 0.466. The van der Waals surface area contributed by atoms with Gasteiger partial charge in [-0.3, -0.25) is 9.59 Å². The van der Waals surface area contributed by atoms with E-state index in [1.807, 2.05) is 59.5 Å². The Morgan fingerprint density at radius 1 is 0.968 bits per heavy atom. The summed E-state index contributed by atoms with van der Waals surface area (Å²) in [6, 6.07) is 17.0. The zero-order valence-corrected chi connectivity index (χ0v) is 17.3. The average Bonchev–Trinajstić information content (AvgIpc) is 2.83. The number of carbonyl (C=O) groups is 2. The molecule has 2 amide bonds. The van der Waals surface area contributed by atoms with E-state index in [4.69, 9.17) is 5.73 Å². The molecule has 1 aliphatic heterocycles. The van der Waals surface area contributed by atoms with Crippen molar-refractivity contribution >= 4 is 28.5 Å². The van der Waals surface area contributed by atoms with E-state index < -0.39 is 6.04 Å². The van der Waals surface area contributed by atoms with Gasteiger partial charge in [0.2, 0.25) is 11.8 Å². The van der Waals surface area contributed by atoms with E-state index in [0.29, 0.717) is 32.6 Å². The van der Waals surface area contributed by atoms with Crippen molar-refractivity contribution in [3.05, 3.63) is 66.5 Å². The van der Waals surface area contributed by atoms with Gasteiger partial charge in [0, 0.05) is 38.0 Å². The molecule has 0 bridgehead atoms. The van der Waals surface area contributed by atoms with E-state index in [0.717, 1.165) is 22.3 Å². The van der Waals surface area contributed by atoms with Gasteiger partial charge in [-0.1, -0.05) is 42.5 Å². The number of nitrogens with two attached hydrogens (primary N) is 1.